The van der Waals surface area contributed by atoms with Gasteiger partial charge in [-0.05, 0) is 31.2 Å². The Hall–Kier alpha value is -1.88. The molecule has 0 aliphatic heterocycles. The number of carbonyl (C=O) groups excluding carboxylic acids is 2. The van der Waals surface area contributed by atoms with Gasteiger partial charge in [0.15, 0.2) is 5.78 Å². The smallest absolute Gasteiger partial charge is 0.168 e. The lowest BCUT2D eigenvalue weighted by molar-refractivity contribution is -0.679. The summed E-state index contributed by atoms with van der Waals surface area (Å²) in [5, 5.41) is 12.1. The zero-order valence-electron chi connectivity index (χ0n) is 10.5. The number of benzene rings is 1. The molecule has 18 heavy (non-hydrogen) atoms. The quantitative estimate of drug-likeness (QED) is 0.628. The van der Waals surface area contributed by atoms with E-state index in [0.717, 1.165) is 0 Å². The third kappa shape index (κ3) is 4.18. The Kier molecular flexibility index (Phi) is 5.32. The molecular weight excluding hydrogens is 234 g/mol. The molecule has 0 bridgehead atoms. The van der Waals surface area contributed by atoms with Crippen LogP contribution in [0.15, 0.2) is 24.3 Å². The number of carbonyl (C=O) groups is 2. The molecule has 0 saturated carbocycles. The Morgan fingerprint density at radius 3 is 2.44 bits per heavy atom. The summed E-state index contributed by atoms with van der Waals surface area (Å²) in [5.74, 6) is -0.435. The van der Waals surface area contributed by atoms with Gasteiger partial charge < -0.3 is 20.0 Å². The topological polar surface area (TPSA) is 83.0 Å². The molecule has 0 aromatic heterocycles. The lowest BCUT2D eigenvalue weighted by Crippen LogP contribution is -2.92. The fourth-order valence-electron chi connectivity index (χ4n) is 1.48. The maximum Gasteiger partial charge on any atom is 0.168 e. The number of nitrogens with two attached hydrogens (primary N) is 1. The molecule has 1 unspecified atom stereocenters. The summed E-state index contributed by atoms with van der Waals surface area (Å²) < 4.78 is 5.00. The van der Waals surface area contributed by atoms with Crippen LogP contribution in [-0.4, -0.2) is 31.4 Å². The zero-order valence-corrected chi connectivity index (χ0v) is 10.5. The molecule has 0 fully saturated rings. The molecule has 0 heterocycles. The maximum atomic E-state index is 11.8. The van der Waals surface area contributed by atoms with Crippen LogP contribution >= 0.6 is 0 Å². The zero-order chi connectivity index (χ0) is 13.5. The van der Waals surface area contributed by atoms with Crippen molar-refractivity contribution in [3.63, 3.8) is 0 Å². The summed E-state index contributed by atoms with van der Waals surface area (Å²) in [4.78, 5) is 22.2. The SMILES string of the molecule is COc1ccc(C(=O)CC[NH2+]C(C)C(=O)[O-])cc1. The molecule has 2 N–H and O–H groups in total. The van der Waals surface area contributed by atoms with Gasteiger partial charge in [0.1, 0.15) is 11.8 Å². The van der Waals surface area contributed by atoms with Crippen LogP contribution in [0, 0.1) is 0 Å². The van der Waals surface area contributed by atoms with Gasteiger partial charge in [0.25, 0.3) is 0 Å². The number of rotatable bonds is 7. The molecular formula is C13H17NO4. The lowest BCUT2D eigenvalue weighted by atomic mass is 10.1. The van der Waals surface area contributed by atoms with Gasteiger partial charge in [-0.25, -0.2) is 0 Å². The van der Waals surface area contributed by atoms with Crippen LogP contribution in [0.5, 0.6) is 5.75 Å². The van der Waals surface area contributed by atoms with Gasteiger partial charge in [0.2, 0.25) is 0 Å². The van der Waals surface area contributed by atoms with E-state index in [1.165, 1.54) is 6.92 Å². The Balaban J connectivity index is 2.42. The summed E-state index contributed by atoms with van der Waals surface area (Å²) in [6.45, 7) is 1.97. The molecule has 5 nitrogen and oxygen atoms in total. The van der Waals surface area contributed by atoms with Gasteiger partial charge in [-0.1, -0.05) is 0 Å². The number of quaternary nitrogens is 1. The molecule has 5 heteroatoms. The summed E-state index contributed by atoms with van der Waals surface area (Å²) >= 11 is 0. The molecule has 0 spiro atoms. The molecule has 0 aliphatic carbocycles. The summed E-state index contributed by atoms with van der Waals surface area (Å²) in [7, 11) is 1.56. The number of carboxylic acids is 1. The maximum absolute atomic E-state index is 11.8. The van der Waals surface area contributed by atoms with Crippen molar-refractivity contribution < 1.29 is 24.7 Å². The van der Waals surface area contributed by atoms with Crippen LogP contribution in [0.25, 0.3) is 0 Å². The number of ether oxygens (including phenoxy) is 1. The van der Waals surface area contributed by atoms with Crippen molar-refractivity contribution in [3.8, 4) is 5.75 Å². The molecule has 1 aromatic rings. The van der Waals surface area contributed by atoms with Crippen LogP contribution in [0.3, 0.4) is 0 Å². The van der Waals surface area contributed by atoms with Gasteiger partial charge in [0.05, 0.1) is 26.0 Å². The van der Waals surface area contributed by atoms with Gasteiger partial charge in [-0.15, -0.1) is 0 Å². The van der Waals surface area contributed by atoms with E-state index in [4.69, 9.17) is 4.74 Å². The van der Waals surface area contributed by atoms with Crippen LogP contribution in [0.1, 0.15) is 23.7 Å². The molecule has 98 valence electrons. The van der Waals surface area contributed by atoms with Gasteiger partial charge in [-0.2, -0.15) is 0 Å². The molecule has 0 saturated heterocycles. The highest BCUT2D eigenvalue weighted by molar-refractivity contribution is 5.96. The molecule has 1 atom stereocenters. The molecule has 0 radical (unpaired) electrons. The first-order valence-corrected chi connectivity index (χ1v) is 5.76. The third-order valence-electron chi connectivity index (χ3n) is 2.68. The monoisotopic (exact) mass is 251 g/mol. The lowest BCUT2D eigenvalue weighted by Gasteiger charge is -2.10. The first kappa shape index (κ1) is 14.2. The number of hydrogen-bond acceptors (Lipinski definition) is 4. The fourth-order valence-corrected chi connectivity index (χ4v) is 1.48. The first-order chi connectivity index (χ1) is 8.54. The van der Waals surface area contributed by atoms with Crippen molar-refractivity contribution in [2.75, 3.05) is 13.7 Å². The molecule has 1 aromatic carbocycles. The fraction of sp³-hybridized carbons (Fsp3) is 0.385. The highest BCUT2D eigenvalue weighted by Crippen LogP contribution is 2.12. The van der Waals surface area contributed by atoms with Gasteiger partial charge >= 0.3 is 0 Å². The van der Waals surface area contributed by atoms with E-state index in [0.29, 0.717) is 24.3 Å². The number of aliphatic carboxylic acids is 1. The third-order valence-corrected chi connectivity index (χ3v) is 2.68. The standard InChI is InChI=1S/C13H17NO4/c1-9(13(16)17)14-8-7-12(15)10-3-5-11(18-2)6-4-10/h3-6,9,14H,7-8H2,1-2H3,(H,16,17). The highest BCUT2D eigenvalue weighted by Gasteiger charge is 2.09. The van der Waals surface area contributed by atoms with Gasteiger partial charge in [0, 0.05) is 5.56 Å². The van der Waals surface area contributed by atoms with E-state index < -0.39 is 12.0 Å². The Morgan fingerprint density at radius 2 is 1.94 bits per heavy atom. The second-order valence-corrected chi connectivity index (χ2v) is 4.03. The van der Waals surface area contributed by atoms with Gasteiger partial charge in [-0.3, -0.25) is 4.79 Å². The number of ketones is 1. The number of methoxy groups -OCH3 is 1. The van der Waals surface area contributed by atoms with E-state index in [2.05, 4.69) is 0 Å². The largest absolute Gasteiger partial charge is 0.544 e. The van der Waals surface area contributed by atoms with Crippen molar-refractivity contribution in [3.05, 3.63) is 29.8 Å². The predicted octanol–water partition coefficient (Wildman–Crippen LogP) is -1.03. The van der Waals surface area contributed by atoms with Crippen molar-refractivity contribution in [1.82, 2.24) is 0 Å². The van der Waals surface area contributed by atoms with Crippen molar-refractivity contribution >= 4 is 11.8 Å². The average Bonchev–Trinajstić information content (AvgIpc) is 2.38. The highest BCUT2D eigenvalue weighted by atomic mass is 16.5. The van der Waals surface area contributed by atoms with Crippen molar-refractivity contribution in [1.29, 1.82) is 0 Å². The van der Waals surface area contributed by atoms with Crippen LogP contribution in [0.4, 0.5) is 0 Å². The van der Waals surface area contributed by atoms with Crippen LogP contribution in [0.2, 0.25) is 0 Å². The minimum atomic E-state index is -1.12. The van der Waals surface area contributed by atoms with Crippen molar-refractivity contribution in [2.45, 2.75) is 19.4 Å². The van der Waals surface area contributed by atoms with E-state index >= 15 is 0 Å². The molecule has 1 rings (SSSR count). The number of carboxylic acid groups (broad SMARTS) is 1. The van der Waals surface area contributed by atoms with E-state index in [1.54, 1.807) is 36.7 Å². The van der Waals surface area contributed by atoms with Crippen LogP contribution < -0.4 is 15.2 Å². The minimum Gasteiger partial charge on any atom is -0.544 e. The van der Waals surface area contributed by atoms with E-state index in [-0.39, 0.29) is 5.78 Å². The second-order valence-electron chi connectivity index (χ2n) is 4.03. The Labute approximate surface area is 106 Å². The second kappa shape index (κ2) is 6.76. The Morgan fingerprint density at radius 1 is 1.33 bits per heavy atom. The summed E-state index contributed by atoms with van der Waals surface area (Å²) in [6.07, 6.45) is 0.296. The molecule has 0 aliphatic rings. The summed E-state index contributed by atoms with van der Waals surface area (Å²) in [5.41, 5.74) is 0.602. The van der Waals surface area contributed by atoms with Crippen molar-refractivity contribution in [2.24, 2.45) is 0 Å². The van der Waals surface area contributed by atoms with Crippen LogP contribution in [-0.2, 0) is 4.79 Å². The average molecular weight is 251 g/mol. The number of Topliss-reactive ketones (excluding diaryl/α,β-unsaturated/α-hetero) is 1. The summed E-state index contributed by atoms with van der Waals surface area (Å²) in [6, 6.07) is 6.21. The van der Waals surface area contributed by atoms with E-state index in [9.17, 15) is 14.7 Å². The number of hydrogen-bond donors (Lipinski definition) is 1. The normalized spacial score (nSPS) is 11.9. The predicted molar refractivity (Wildman–Crippen MR) is 63.2 cm³/mol. The van der Waals surface area contributed by atoms with E-state index in [1.807, 2.05) is 0 Å². The minimum absolute atomic E-state index is 0.0144. The first-order valence-electron chi connectivity index (χ1n) is 5.76. The Bertz CT molecular complexity index is 414. The molecule has 0 amide bonds.